The molecule has 0 radical (unpaired) electrons. The van der Waals surface area contributed by atoms with Crippen LogP contribution in [-0.2, 0) is 4.79 Å². The summed E-state index contributed by atoms with van der Waals surface area (Å²) in [6.45, 7) is 4.06. The van der Waals surface area contributed by atoms with Crippen molar-refractivity contribution in [2.75, 3.05) is 11.4 Å². The van der Waals surface area contributed by atoms with E-state index in [-0.39, 0.29) is 5.91 Å². The average molecular weight is 240 g/mol. The van der Waals surface area contributed by atoms with Crippen LogP contribution in [0.5, 0.6) is 0 Å². The van der Waals surface area contributed by atoms with Gasteiger partial charge in [-0.3, -0.25) is 9.59 Å². The Balaban J connectivity index is 3.17. The Hall–Kier alpha value is -1.35. The highest BCUT2D eigenvalue weighted by molar-refractivity contribution is 6.31. The molecule has 1 rings (SSSR count). The molecule has 0 aliphatic rings. The van der Waals surface area contributed by atoms with Crippen molar-refractivity contribution in [3.05, 3.63) is 28.8 Å². The van der Waals surface area contributed by atoms with Gasteiger partial charge in [0.25, 0.3) is 0 Å². The fourth-order valence-corrected chi connectivity index (χ4v) is 1.72. The maximum Gasteiger partial charge on any atom is 0.223 e. The summed E-state index contributed by atoms with van der Waals surface area (Å²) in [5.41, 5.74) is 1.06. The van der Waals surface area contributed by atoms with Gasteiger partial charge in [0.1, 0.15) is 0 Å². The number of benzene rings is 1. The molecule has 1 aromatic carbocycles. The first-order chi connectivity index (χ1) is 7.60. The molecule has 3 nitrogen and oxygen atoms in total. The fourth-order valence-electron chi connectivity index (χ4n) is 1.54. The number of amides is 1. The summed E-state index contributed by atoms with van der Waals surface area (Å²) in [5.74, 6) is -0.0766. The first kappa shape index (κ1) is 12.7. The summed E-state index contributed by atoms with van der Waals surface area (Å²) in [4.78, 5) is 24.0. The third-order valence-corrected chi connectivity index (χ3v) is 2.47. The van der Waals surface area contributed by atoms with Crippen molar-refractivity contribution in [1.82, 2.24) is 0 Å². The zero-order chi connectivity index (χ0) is 12.1. The Bertz CT molecular complexity index is 404. The van der Waals surface area contributed by atoms with E-state index in [9.17, 15) is 9.59 Å². The number of nitrogens with zero attached hydrogens (tertiary/aromatic N) is 1. The van der Waals surface area contributed by atoms with Gasteiger partial charge in [0.05, 0.1) is 5.69 Å². The van der Waals surface area contributed by atoms with Gasteiger partial charge in [-0.15, -0.1) is 0 Å². The van der Waals surface area contributed by atoms with Gasteiger partial charge in [0.15, 0.2) is 6.29 Å². The van der Waals surface area contributed by atoms with Gasteiger partial charge >= 0.3 is 0 Å². The zero-order valence-corrected chi connectivity index (χ0v) is 10.1. The van der Waals surface area contributed by atoms with Crippen LogP contribution in [0.25, 0.3) is 0 Å². The molecule has 0 aliphatic heterocycles. The first-order valence-corrected chi connectivity index (χ1v) is 5.50. The van der Waals surface area contributed by atoms with Crippen molar-refractivity contribution < 1.29 is 9.59 Å². The number of anilines is 1. The zero-order valence-electron chi connectivity index (χ0n) is 9.37. The molecule has 0 aromatic heterocycles. The van der Waals surface area contributed by atoms with Crippen molar-refractivity contribution in [3.8, 4) is 0 Å². The van der Waals surface area contributed by atoms with Crippen LogP contribution in [0.15, 0.2) is 18.2 Å². The maximum absolute atomic E-state index is 11.5. The number of hydrogen-bond donors (Lipinski definition) is 0. The lowest BCUT2D eigenvalue weighted by Crippen LogP contribution is -2.30. The van der Waals surface area contributed by atoms with Crippen LogP contribution >= 0.6 is 11.6 Å². The Morgan fingerprint density at radius 1 is 1.50 bits per heavy atom. The Morgan fingerprint density at radius 3 is 2.69 bits per heavy atom. The Kier molecular flexibility index (Phi) is 4.50. The van der Waals surface area contributed by atoms with Crippen molar-refractivity contribution in [3.63, 3.8) is 0 Å². The number of halogens is 1. The van der Waals surface area contributed by atoms with E-state index in [0.29, 0.717) is 29.1 Å². The van der Waals surface area contributed by atoms with Crippen LogP contribution in [-0.4, -0.2) is 18.7 Å². The summed E-state index contributed by atoms with van der Waals surface area (Å²) >= 11 is 5.79. The van der Waals surface area contributed by atoms with Gasteiger partial charge in [-0.2, -0.15) is 0 Å². The van der Waals surface area contributed by atoms with Crippen LogP contribution in [0.3, 0.4) is 0 Å². The van der Waals surface area contributed by atoms with Gasteiger partial charge in [0.2, 0.25) is 5.91 Å². The SMILES string of the molecule is CCCN(C(C)=O)c1ccc(Cl)cc1C=O. The van der Waals surface area contributed by atoms with Crippen molar-refractivity contribution in [2.24, 2.45) is 0 Å². The van der Waals surface area contributed by atoms with Gasteiger partial charge in [-0.05, 0) is 24.6 Å². The maximum atomic E-state index is 11.5. The molecule has 0 bridgehead atoms. The van der Waals surface area contributed by atoms with Crippen molar-refractivity contribution in [1.29, 1.82) is 0 Å². The van der Waals surface area contributed by atoms with E-state index in [4.69, 9.17) is 11.6 Å². The molecule has 0 spiro atoms. The minimum atomic E-state index is -0.0766. The highest BCUT2D eigenvalue weighted by Crippen LogP contribution is 2.23. The number of aldehydes is 1. The van der Waals surface area contributed by atoms with E-state index in [1.807, 2.05) is 6.92 Å². The van der Waals surface area contributed by atoms with Crippen LogP contribution in [0, 0.1) is 0 Å². The van der Waals surface area contributed by atoms with E-state index < -0.39 is 0 Å². The Labute approximate surface area is 100 Å². The van der Waals surface area contributed by atoms with E-state index in [1.165, 1.54) is 6.92 Å². The van der Waals surface area contributed by atoms with E-state index in [2.05, 4.69) is 0 Å². The molecule has 0 aliphatic carbocycles. The lowest BCUT2D eigenvalue weighted by molar-refractivity contribution is -0.116. The smallest absolute Gasteiger partial charge is 0.223 e. The van der Waals surface area contributed by atoms with Gasteiger partial charge in [-0.1, -0.05) is 18.5 Å². The molecule has 1 aromatic rings. The van der Waals surface area contributed by atoms with Crippen LogP contribution in [0.2, 0.25) is 5.02 Å². The molecular formula is C12H14ClNO2. The van der Waals surface area contributed by atoms with Gasteiger partial charge in [0, 0.05) is 24.1 Å². The molecule has 86 valence electrons. The number of carbonyl (C=O) groups excluding carboxylic acids is 2. The van der Waals surface area contributed by atoms with E-state index >= 15 is 0 Å². The third-order valence-electron chi connectivity index (χ3n) is 2.23. The highest BCUT2D eigenvalue weighted by Gasteiger charge is 2.14. The molecule has 0 unspecified atom stereocenters. The summed E-state index contributed by atoms with van der Waals surface area (Å²) in [6.07, 6.45) is 1.55. The highest BCUT2D eigenvalue weighted by atomic mass is 35.5. The van der Waals surface area contributed by atoms with Gasteiger partial charge in [-0.25, -0.2) is 0 Å². The normalized spacial score (nSPS) is 9.94. The van der Waals surface area contributed by atoms with E-state index in [1.54, 1.807) is 23.1 Å². The molecule has 0 fully saturated rings. The molecular weight excluding hydrogens is 226 g/mol. The molecule has 0 saturated heterocycles. The lowest BCUT2D eigenvalue weighted by atomic mass is 10.1. The second-order valence-electron chi connectivity index (χ2n) is 3.49. The third kappa shape index (κ3) is 2.83. The number of rotatable bonds is 4. The molecule has 4 heteroatoms. The molecule has 16 heavy (non-hydrogen) atoms. The van der Waals surface area contributed by atoms with Crippen molar-refractivity contribution >= 4 is 29.5 Å². The van der Waals surface area contributed by atoms with Crippen LogP contribution < -0.4 is 4.90 Å². The van der Waals surface area contributed by atoms with Crippen molar-refractivity contribution in [2.45, 2.75) is 20.3 Å². The quantitative estimate of drug-likeness (QED) is 0.758. The van der Waals surface area contributed by atoms with Crippen LogP contribution in [0.1, 0.15) is 30.6 Å². The summed E-state index contributed by atoms with van der Waals surface area (Å²) in [6, 6.07) is 4.94. The Morgan fingerprint density at radius 2 is 2.19 bits per heavy atom. The second-order valence-corrected chi connectivity index (χ2v) is 3.93. The fraction of sp³-hybridized carbons (Fsp3) is 0.333. The summed E-state index contributed by atoms with van der Waals surface area (Å²) in [7, 11) is 0. The van der Waals surface area contributed by atoms with Crippen LogP contribution in [0.4, 0.5) is 5.69 Å². The predicted octanol–water partition coefficient (Wildman–Crippen LogP) is 2.92. The molecule has 0 N–H and O–H groups in total. The standard InChI is InChI=1S/C12H14ClNO2/c1-3-6-14(9(2)16)12-5-4-11(13)7-10(12)8-15/h4-5,7-8H,3,6H2,1-2H3. The second kappa shape index (κ2) is 5.66. The van der Waals surface area contributed by atoms with Gasteiger partial charge < -0.3 is 4.90 Å². The molecule has 0 atom stereocenters. The minimum Gasteiger partial charge on any atom is -0.312 e. The van der Waals surface area contributed by atoms with E-state index in [0.717, 1.165) is 6.42 Å². The summed E-state index contributed by atoms with van der Waals surface area (Å²) in [5, 5.41) is 0.492. The lowest BCUT2D eigenvalue weighted by Gasteiger charge is -2.22. The molecule has 0 heterocycles. The number of carbonyl (C=O) groups is 2. The monoisotopic (exact) mass is 239 g/mol. The minimum absolute atomic E-state index is 0.0766. The number of hydrogen-bond acceptors (Lipinski definition) is 2. The largest absolute Gasteiger partial charge is 0.312 e. The molecule has 1 amide bonds. The topological polar surface area (TPSA) is 37.4 Å². The molecule has 0 saturated carbocycles. The first-order valence-electron chi connectivity index (χ1n) is 5.13. The average Bonchev–Trinajstić information content (AvgIpc) is 2.26. The predicted molar refractivity (Wildman–Crippen MR) is 65.2 cm³/mol. The summed E-state index contributed by atoms with van der Waals surface area (Å²) < 4.78 is 0.